The van der Waals surface area contributed by atoms with Gasteiger partial charge in [-0.1, -0.05) is 6.07 Å². The van der Waals surface area contributed by atoms with Crippen LogP contribution in [-0.2, 0) is 13.5 Å². The van der Waals surface area contributed by atoms with E-state index in [4.69, 9.17) is 5.73 Å². The monoisotopic (exact) mass is 322 g/mol. The quantitative estimate of drug-likeness (QED) is 0.945. The minimum atomic E-state index is -0.119. The van der Waals surface area contributed by atoms with Gasteiger partial charge in [0.05, 0.1) is 27.6 Å². The third-order valence-corrected chi connectivity index (χ3v) is 4.31. The van der Waals surface area contributed by atoms with E-state index in [1.54, 1.807) is 0 Å². The first-order valence-electron chi connectivity index (χ1n) is 6.27. The van der Waals surface area contributed by atoms with Gasteiger partial charge >= 0.3 is 0 Å². The average Bonchev–Trinajstić information content (AvgIpc) is 2.56. The summed E-state index contributed by atoms with van der Waals surface area (Å²) >= 11 is 3.57. The zero-order valence-electron chi connectivity index (χ0n) is 11.7. The zero-order chi connectivity index (χ0) is 14.2. The highest BCUT2D eigenvalue weighted by molar-refractivity contribution is 9.10. The fraction of sp³-hybridized carbons (Fsp3) is 0.429. The van der Waals surface area contributed by atoms with E-state index >= 15 is 0 Å². The first-order valence-corrected chi connectivity index (χ1v) is 7.06. The van der Waals surface area contributed by atoms with Gasteiger partial charge in [0.15, 0.2) is 0 Å². The molecule has 0 aromatic carbocycles. The van der Waals surface area contributed by atoms with Gasteiger partial charge in [-0.05, 0) is 47.8 Å². The Morgan fingerprint density at radius 2 is 2.05 bits per heavy atom. The smallest absolute Gasteiger partial charge is 0.0738 e. The number of hydrogen-bond acceptors (Lipinski definition) is 3. The van der Waals surface area contributed by atoms with Gasteiger partial charge < -0.3 is 5.73 Å². The van der Waals surface area contributed by atoms with Crippen LogP contribution in [0.15, 0.2) is 16.7 Å². The molecule has 1 unspecified atom stereocenters. The molecule has 0 aliphatic rings. The molecule has 0 aliphatic heterocycles. The molecule has 0 radical (unpaired) electrons. The average molecular weight is 323 g/mol. The van der Waals surface area contributed by atoms with Crippen molar-refractivity contribution < 1.29 is 0 Å². The molecule has 0 saturated carbocycles. The van der Waals surface area contributed by atoms with Crippen molar-refractivity contribution in [2.24, 2.45) is 12.8 Å². The van der Waals surface area contributed by atoms with Crippen molar-refractivity contribution >= 4 is 15.9 Å². The third kappa shape index (κ3) is 2.87. The molecule has 1 atom stereocenters. The van der Waals surface area contributed by atoms with Crippen molar-refractivity contribution in [2.75, 3.05) is 0 Å². The van der Waals surface area contributed by atoms with Crippen LogP contribution in [0.4, 0.5) is 0 Å². The summed E-state index contributed by atoms with van der Waals surface area (Å²) in [4.78, 5) is 4.47. The van der Waals surface area contributed by atoms with Crippen LogP contribution in [0.3, 0.4) is 0 Å². The van der Waals surface area contributed by atoms with Gasteiger partial charge in [-0.15, -0.1) is 0 Å². The summed E-state index contributed by atoms with van der Waals surface area (Å²) in [5, 5.41) is 4.39. The number of nitrogens with two attached hydrogens (primary N) is 1. The molecule has 2 aromatic rings. The van der Waals surface area contributed by atoms with E-state index in [2.05, 4.69) is 39.0 Å². The number of halogens is 1. The molecule has 5 heteroatoms. The maximum atomic E-state index is 6.30. The van der Waals surface area contributed by atoms with Gasteiger partial charge in [-0.25, -0.2) is 0 Å². The molecule has 102 valence electrons. The Morgan fingerprint density at radius 1 is 1.37 bits per heavy atom. The fourth-order valence-corrected chi connectivity index (χ4v) is 2.82. The van der Waals surface area contributed by atoms with E-state index < -0.39 is 0 Å². The van der Waals surface area contributed by atoms with Gasteiger partial charge in [0, 0.05) is 19.7 Å². The lowest BCUT2D eigenvalue weighted by Gasteiger charge is -2.14. The number of hydrogen-bond donors (Lipinski definition) is 1. The molecule has 0 amide bonds. The summed E-state index contributed by atoms with van der Waals surface area (Å²) in [6.45, 7) is 6.07. The Bertz CT molecular complexity index is 604. The minimum Gasteiger partial charge on any atom is -0.322 e. The maximum absolute atomic E-state index is 6.30. The molecular weight excluding hydrogens is 304 g/mol. The van der Waals surface area contributed by atoms with Crippen LogP contribution < -0.4 is 5.73 Å². The molecule has 19 heavy (non-hydrogen) atoms. The van der Waals surface area contributed by atoms with E-state index in [0.717, 1.165) is 39.1 Å². The lowest BCUT2D eigenvalue weighted by molar-refractivity contribution is 0.624. The second kappa shape index (κ2) is 5.43. The second-order valence-corrected chi connectivity index (χ2v) is 5.79. The van der Waals surface area contributed by atoms with Crippen molar-refractivity contribution in [3.05, 3.63) is 44.9 Å². The van der Waals surface area contributed by atoms with E-state index in [0.29, 0.717) is 0 Å². The molecular formula is C14H19BrN4. The van der Waals surface area contributed by atoms with Crippen LogP contribution in [-0.4, -0.2) is 14.8 Å². The second-order valence-electron chi connectivity index (χ2n) is 5.00. The number of pyridine rings is 1. The largest absolute Gasteiger partial charge is 0.322 e. The van der Waals surface area contributed by atoms with Crippen molar-refractivity contribution in [3.8, 4) is 0 Å². The van der Waals surface area contributed by atoms with Crippen molar-refractivity contribution in [1.82, 2.24) is 14.8 Å². The molecule has 2 heterocycles. The topological polar surface area (TPSA) is 56.7 Å². The normalized spacial score (nSPS) is 12.7. The Labute approximate surface area is 122 Å². The van der Waals surface area contributed by atoms with Gasteiger partial charge in [0.25, 0.3) is 0 Å². The molecule has 2 rings (SSSR count). The Morgan fingerprint density at radius 3 is 2.58 bits per heavy atom. The molecule has 4 nitrogen and oxygen atoms in total. The van der Waals surface area contributed by atoms with Crippen molar-refractivity contribution in [1.29, 1.82) is 0 Å². The Kier molecular flexibility index (Phi) is 4.06. The molecule has 2 N–H and O–H groups in total. The molecule has 0 saturated heterocycles. The lowest BCUT2D eigenvalue weighted by Crippen LogP contribution is -2.18. The number of aryl methyl sites for hydroxylation is 4. The zero-order valence-corrected chi connectivity index (χ0v) is 13.3. The van der Waals surface area contributed by atoms with Gasteiger partial charge in [-0.3, -0.25) is 9.67 Å². The van der Waals surface area contributed by atoms with E-state index in [1.165, 1.54) is 0 Å². The highest BCUT2D eigenvalue weighted by atomic mass is 79.9. The first kappa shape index (κ1) is 14.2. The predicted octanol–water partition coefficient (Wildman–Crippen LogP) is 2.75. The van der Waals surface area contributed by atoms with Crippen LogP contribution in [0.1, 0.15) is 34.3 Å². The fourth-order valence-electron chi connectivity index (χ4n) is 2.32. The maximum Gasteiger partial charge on any atom is 0.0738 e. The number of rotatable bonds is 3. The molecule has 0 bridgehead atoms. The van der Waals surface area contributed by atoms with Crippen LogP contribution in [0.5, 0.6) is 0 Å². The standard InChI is InChI=1S/C14H19BrN4/c1-8-5-9(2)14(17-7-8)11(16)6-12-13(15)10(3)18-19(12)4/h5,7,11H,6,16H2,1-4H3. The van der Waals surface area contributed by atoms with Crippen LogP contribution >= 0.6 is 15.9 Å². The summed E-state index contributed by atoms with van der Waals surface area (Å²) in [7, 11) is 1.94. The van der Waals surface area contributed by atoms with Gasteiger partial charge in [0.2, 0.25) is 0 Å². The summed E-state index contributed by atoms with van der Waals surface area (Å²) in [5.74, 6) is 0. The Balaban J connectivity index is 2.28. The van der Waals surface area contributed by atoms with Crippen molar-refractivity contribution in [2.45, 2.75) is 33.2 Å². The Hall–Kier alpha value is -1.20. The number of nitrogens with zero attached hydrogens (tertiary/aromatic N) is 3. The predicted molar refractivity (Wildman–Crippen MR) is 80.0 cm³/mol. The van der Waals surface area contributed by atoms with Gasteiger partial charge in [-0.2, -0.15) is 5.10 Å². The van der Waals surface area contributed by atoms with Crippen LogP contribution in [0.25, 0.3) is 0 Å². The van der Waals surface area contributed by atoms with Gasteiger partial charge in [0.1, 0.15) is 0 Å². The van der Waals surface area contributed by atoms with E-state index in [1.807, 2.05) is 31.8 Å². The summed E-state index contributed by atoms with van der Waals surface area (Å²) in [6.07, 6.45) is 2.58. The minimum absolute atomic E-state index is 0.119. The highest BCUT2D eigenvalue weighted by Gasteiger charge is 2.17. The first-order chi connectivity index (χ1) is 8.90. The van der Waals surface area contributed by atoms with Crippen LogP contribution in [0.2, 0.25) is 0 Å². The summed E-state index contributed by atoms with van der Waals surface area (Å²) < 4.78 is 2.92. The molecule has 0 aliphatic carbocycles. The number of aromatic nitrogens is 3. The lowest BCUT2D eigenvalue weighted by atomic mass is 10.0. The van der Waals surface area contributed by atoms with Crippen LogP contribution in [0, 0.1) is 20.8 Å². The molecule has 2 aromatic heterocycles. The third-order valence-electron chi connectivity index (χ3n) is 3.28. The highest BCUT2D eigenvalue weighted by Crippen LogP contribution is 2.25. The summed E-state index contributed by atoms with van der Waals surface area (Å²) in [6, 6.07) is 2.00. The van der Waals surface area contributed by atoms with E-state index in [-0.39, 0.29) is 6.04 Å². The summed E-state index contributed by atoms with van der Waals surface area (Å²) in [5.41, 5.74) is 11.6. The SMILES string of the molecule is Cc1cnc(C(N)Cc2c(Br)c(C)nn2C)c(C)c1. The molecule has 0 fully saturated rings. The molecule has 0 spiro atoms. The van der Waals surface area contributed by atoms with E-state index in [9.17, 15) is 0 Å². The van der Waals surface area contributed by atoms with Crippen molar-refractivity contribution in [3.63, 3.8) is 0 Å².